The van der Waals surface area contributed by atoms with Crippen LogP contribution in [0.2, 0.25) is 0 Å². The largest absolute Gasteiger partial charge is 0.298 e. The zero-order valence-electron chi connectivity index (χ0n) is 8.92. The van der Waals surface area contributed by atoms with Crippen LogP contribution in [-0.2, 0) is 4.79 Å². The van der Waals surface area contributed by atoms with E-state index in [9.17, 15) is 4.79 Å². The number of carbonyl (C=O) groups is 1. The quantitative estimate of drug-likeness (QED) is 0.630. The van der Waals surface area contributed by atoms with Gasteiger partial charge in [0.15, 0.2) is 0 Å². The predicted octanol–water partition coefficient (Wildman–Crippen LogP) is 1.94. The molecule has 0 saturated carbocycles. The highest BCUT2D eigenvalue weighted by Gasteiger charge is 2.10. The van der Waals surface area contributed by atoms with E-state index in [0.717, 1.165) is 0 Å². The van der Waals surface area contributed by atoms with E-state index in [1.165, 1.54) is 0 Å². The molecule has 2 nitrogen and oxygen atoms in total. The highest BCUT2D eigenvalue weighted by Crippen LogP contribution is 2.02. The first kappa shape index (κ1) is 11.6. The molecule has 0 aromatic heterocycles. The van der Waals surface area contributed by atoms with Crippen LogP contribution in [0.5, 0.6) is 0 Å². The monoisotopic (exact) mass is 171 g/mol. The maximum absolute atomic E-state index is 11.3. The lowest BCUT2D eigenvalue weighted by Crippen LogP contribution is -2.32. The van der Waals surface area contributed by atoms with Crippen molar-refractivity contribution < 1.29 is 4.79 Å². The van der Waals surface area contributed by atoms with Crippen LogP contribution in [-0.4, -0.2) is 30.3 Å². The Balaban J connectivity index is 3.69. The van der Waals surface area contributed by atoms with Gasteiger partial charge in [0.05, 0.1) is 6.54 Å². The van der Waals surface area contributed by atoms with Gasteiger partial charge in [0.2, 0.25) is 0 Å². The summed E-state index contributed by atoms with van der Waals surface area (Å²) < 4.78 is 0. The first-order valence-corrected chi connectivity index (χ1v) is 4.65. The van der Waals surface area contributed by atoms with Gasteiger partial charge in [-0.1, -0.05) is 13.8 Å². The number of hydrogen-bond donors (Lipinski definition) is 0. The Morgan fingerprint density at radius 2 is 1.75 bits per heavy atom. The molecule has 0 N–H and O–H groups in total. The lowest BCUT2D eigenvalue weighted by molar-refractivity contribution is -0.120. The average molecular weight is 171 g/mol. The maximum atomic E-state index is 11.3. The summed E-state index contributed by atoms with van der Waals surface area (Å²) in [6.07, 6.45) is 0.705. The number of hydrogen-bond acceptors (Lipinski definition) is 2. The predicted molar refractivity (Wildman–Crippen MR) is 52.2 cm³/mol. The molecule has 0 bridgehead atoms. The molecule has 0 amide bonds. The Kier molecular flexibility index (Phi) is 5.14. The second kappa shape index (κ2) is 5.31. The summed E-state index contributed by atoms with van der Waals surface area (Å²) in [7, 11) is 1.99. The van der Waals surface area contributed by atoms with Crippen molar-refractivity contribution in [3.8, 4) is 0 Å². The summed E-state index contributed by atoms with van der Waals surface area (Å²) in [5.74, 6) is 0.833. The highest BCUT2D eigenvalue weighted by atomic mass is 16.1. The molecule has 0 fully saturated rings. The van der Waals surface area contributed by atoms with Crippen LogP contribution < -0.4 is 0 Å². The fourth-order valence-electron chi connectivity index (χ4n) is 0.981. The van der Waals surface area contributed by atoms with Crippen LogP contribution >= 0.6 is 0 Å². The molecule has 0 aliphatic rings. The van der Waals surface area contributed by atoms with Gasteiger partial charge >= 0.3 is 0 Å². The fourth-order valence-corrected chi connectivity index (χ4v) is 0.981. The SMILES string of the molecule is CC(C)CC(=O)CN(C)C(C)C. The van der Waals surface area contributed by atoms with Crippen molar-refractivity contribution in [2.45, 2.75) is 40.2 Å². The van der Waals surface area contributed by atoms with Gasteiger partial charge in [-0.15, -0.1) is 0 Å². The van der Waals surface area contributed by atoms with Crippen LogP contribution in [0.25, 0.3) is 0 Å². The molecule has 0 heterocycles. The molecule has 0 radical (unpaired) electrons. The molecule has 12 heavy (non-hydrogen) atoms. The zero-order valence-corrected chi connectivity index (χ0v) is 8.92. The van der Waals surface area contributed by atoms with Crippen LogP contribution in [0.4, 0.5) is 0 Å². The molecular weight excluding hydrogens is 150 g/mol. The lowest BCUT2D eigenvalue weighted by Gasteiger charge is -2.20. The third kappa shape index (κ3) is 5.30. The lowest BCUT2D eigenvalue weighted by atomic mass is 10.1. The number of Topliss-reactive ketones (excluding diaryl/α,β-unsaturated/α-hetero) is 1. The fraction of sp³-hybridized carbons (Fsp3) is 0.900. The van der Waals surface area contributed by atoms with Gasteiger partial charge < -0.3 is 0 Å². The van der Waals surface area contributed by atoms with Crippen molar-refractivity contribution in [2.24, 2.45) is 5.92 Å². The van der Waals surface area contributed by atoms with Crippen LogP contribution in [0.3, 0.4) is 0 Å². The van der Waals surface area contributed by atoms with Crippen molar-refractivity contribution in [1.29, 1.82) is 0 Å². The number of ketones is 1. The topological polar surface area (TPSA) is 20.3 Å². The minimum absolute atomic E-state index is 0.348. The second-order valence-electron chi connectivity index (χ2n) is 4.15. The Hall–Kier alpha value is -0.370. The Morgan fingerprint density at radius 1 is 1.25 bits per heavy atom. The van der Waals surface area contributed by atoms with Gasteiger partial charge in [-0.2, -0.15) is 0 Å². The van der Waals surface area contributed by atoms with Crippen molar-refractivity contribution in [1.82, 2.24) is 4.90 Å². The average Bonchev–Trinajstić information content (AvgIpc) is 1.84. The standard InChI is InChI=1S/C10H21NO/c1-8(2)6-10(12)7-11(5)9(3)4/h8-9H,6-7H2,1-5H3. The van der Waals surface area contributed by atoms with Gasteiger partial charge in [-0.05, 0) is 26.8 Å². The van der Waals surface area contributed by atoms with Crippen LogP contribution in [0, 0.1) is 5.92 Å². The Morgan fingerprint density at radius 3 is 2.08 bits per heavy atom. The number of rotatable bonds is 5. The summed E-state index contributed by atoms with van der Waals surface area (Å²) in [5, 5.41) is 0. The van der Waals surface area contributed by atoms with Gasteiger partial charge in [0.1, 0.15) is 5.78 Å². The Bertz CT molecular complexity index is 141. The molecule has 0 spiro atoms. The van der Waals surface area contributed by atoms with E-state index in [1.807, 2.05) is 7.05 Å². The van der Waals surface area contributed by atoms with E-state index < -0.39 is 0 Å². The number of carbonyl (C=O) groups excluding carboxylic acids is 1. The summed E-state index contributed by atoms with van der Waals surface area (Å²) in [5.41, 5.74) is 0. The van der Waals surface area contributed by atoms with E-state index in [2.05, 4.69) is 32.6 Å². The molecule has 0 saturated heterocycles. The van der Waals surface area contributed by atoms with E-state index in [4.69, 9.17) is 0 Å². The van der Waals surface area contributed by atoms with Crippen molar-refractivity contribution in [2.75, 3.05) is 13.6 Å². The molecule has 0 aromatic carbocycles. The van der Waals surface area contributed by atoms with Crippen molar-refractivity contribution in [3.63, 3.8) is 0 Å². The molecule has 0 unspecified atom stereocenters. The van der Waals surface area contributed by atoms with Crippen molar-refractivity contribution in [3.05, 3.63) is 0 Å². The third-order valence-electron chi connectivity index (χ3n) is 1.94. The minimum atomic E-state index is 0.348. The summed E-state index contributed by atoms with van der Waals surface area (Å²) in [6, 6.07) is 0.459. The van der Waals surface area contributed by atoms with E-state index in [1.54, 1.807) is 0 Å². The van der Waals surface area contributed by atoms with Gasteiger partial charge in [-0.3, -0.25) is 9.69 Å². The minimum Gasteiger partial charge on any atom is -0.298 e. The number of likely N-dealkylation sites (N-methyl/N-ethyl adjacent to an activating group) is 1. The zero-order chi connectivity index (χ0) is 9.72. The molecule has 0 aliphatic carbocycles. The summed E-state index contributed by atoms with van der Waals surface area (Å²) in [4.78, 5) is 13.4. The molecule has 0 rings (SSSR count). The Labute approximate surface area is 75.9 Å². The second-order valence-corrected chi connectivity index (χ2v) is 4.15. The summed E-state index contributed by atoms with van der Waals surface area (Å²) in [6.45, 7) is 8.95. The maximum Gasteiger partial charge on any atom is 0.147 e. The summed E-state index contributed by atoms with van der Waals surface area (Å²) >= 11 is 0. The first-order valence-electron chi connectivity index (χ1n) is 4.65. The van der Waals surface area contributed by atoms with E-state index in [-0.39, 0.29) is 0 Å². The molecule has 0 atom stereocenters. The van der Waals surface area contributed by atoms with Crippen LogP contribution in [0.1, 0.15) is 34.1 Å². The molecular formula is C10H21NO. The van der Waals surface area contributed by atoms with E-state index in [0.29, 0.717) is 30.7 Å². The molecule has 72 valence electrons. The van der Waals surface area contributed by atoms with Crippen molar-refractivity contribution >= 4 is 5.78 Å². The highest BCUT2D eigenvalue weighted by molar-refractivity contribution is 5.80. The smallest absolute Gasteiger partial charge is 0.147 e. The number of nitrogens with zero attached hydrogens (tertiary/aromatic N) is 1. The van der Waals surface area contributed by atoms with Gasteiger partial charge in [0.25, 0.3) is 0 Å². The van der Waals surface area contributed by atoms with Gasteiger partial charge in [-0.25, -0.2) is 0 Å². The molecule has 2 heteroatoms. The van der Waals surface area contributed by atoms with Crippen LogP contribution in [0.15, 0.2) is 0 Å². The molecule has 0 aromatic rings. The first-order chi connectivity index (χ1) is 5.43. The molecule has 0 aliphatic heterocycles. The van der Waals surface area contributed by atoms with Gasteiger partial charge in [0, 0.05) is 12.5 Å². The normalized spacial score (nSPS) is 11.7. The third-order valence-corrected chi connectivity index (χ3v) is 1.94. The van der Waals surface area contributed by atoms with E-state index >= 15 is 0 Å².